The number of fused-ring (bicyclic) bond motifs is 1. The van der Waals surface area contributed by atoms with Gasteiger partial charge in [-0.1, -0.05) is 200 Å². The van der Waals surface area contributed by atoms with Gasteiger partial charge in [0.25, 0.3) is 0 Å². The van der Waals surface area contributed by atoms with Crippen molar-refractivity contribution in [3.05, 3.63) is 36.0 Å². The van der Waals surface area contributed by atoms with Gasteiger partial charge in [0.05, 0.1) is 44.7 Å². The summed E-state index contributed by atoms with van der Waals surface area (Å²) >= 11 is 0. The number of Topliss-reactive ketones (excluding diaryl/α,β-unsaturated/α-hetero) is 1. The molecule has 0 saturated heterocycles. The number of aromatic amines is 1. The predicted octanol–water partition coefficient (Wildman–Crippen LogP) is 12.5. The first kappa shape index (κ1) is 68.3. The second-order valence-electron chi connectivity index (χ2n) is 21.7. The van der Waals surface area contributed by atoms with Crippen LogP contribution in [0, 0.1) is 5.92 Å². The highest BCUT2D eigenvalue weighted by atomic mass is 16.5. The second-order valence-corrected chi connectivity index (χ2v) is 21.7. The Hall–Kier alpha value is -4.79. The normalized spacial score (nSPS) is 13.3. The molecule has 6 N–H and O–H groups in total. The van der Waals surface area contributed by atoms with Crippen molar-refractivity contribution in [1.82, 2.24) is 26.3 Å². The lowest BCUT2D eigenvalue weighted by Crippen LogP contribution is -2.53. The fourth-order valence-electron chi connectivity index (χ4n) is 9.76. The molecule has 0 aliphatic heterocycles. The summed E-state index contributed by atoms with van der Waals surface area (Å²) < 4.78 is 12.2. The molecule has 4 amide bonds. The van der Waals surface area contributed by atoms with Crippen LogP contribution in [-0.4, -0.2) is 95.4 Å². The molecule has 0 bridgehead atoms. The van der Waals surface area contributed by atoms with Crippen LogP contribution >= 0.6 is 0 Å². The van der Waals surface area contributed by atoms with Crippen LogP contribution in [0.3, 0.4) is 0 Å². The van der Waals surface area contributed by atoms with Gasteiger partial charge in [0.1, 0.15) is 12.1 Å². The number of carboxylic acid groups (broad SMARTS) is 1. The fraction of sp³-hybridized carbons (Fsp3) is 0.758. The van der Waals surface area contributed by atoms with Crippen LogP contribution in [-0.2, 0) is 49.5 Å². The minimum absolute atomic E-state index is 0.0378. The van der Waals surface area contributed by atoms with Crippen molar-refractivity contribution in [2.24, 2.45) is 5.92 Å². The standard InChI is InChI=1S/C62H105N5O10/c1-6-10-13-16-18-20-21-23-24-27-30-37-56(69)65-50(47-76-42-41-51(34-29-26-15-12-8-3)77-60(74)38-31-28-25-22-19-17-14-11-7-2)39-40-55(68)54(44-59(72)73)66-58(71)46-64-62(75)61(48(5)9-4)67-57(70)43-49-45-63-53-36-33-32-35-52(49)53/h32-33,35-36,45,48,50-51,54,61,63H,6-31,34,37-44,46-47H2,1-5H3,(H,64,75)(H,65,69)(H,66,71)(H,67,70)(H,72,73)/t48-,50-,51+,54-,61-/m0/s1. The average molecular weight is 1080 g/mol. The predicted molar refractivity (Wildman–Crippen MR) is 308 cm³/mol. The Morgan fingerprint density at radius 1 is 0.597 bits per heavy atom. The number of ketones is 1. The fourth-order valence-corrected chi connectivity index (χ4v) is 9.76. The van der Waals surface area contributed by atoms with E-state index in [1.807, 2.05) is 38.1 Å². The Bertz CT molecular complexity index is 1940. The van der Waals surface area contributed by atoms with Crippen molar-refractivity contribution in [2.75, 3.05) is 19.8 Å². The highest BCUT2D eigenvalue weighted by Gasteiger charge is 2.29. The molecular formula is C62H105N5O10. The van der Waals surface area contributed by atoms with Crippen LogP contribution in [0.2, 0.25) is 0 Å². The van der Waals surface area contributed by atoms with E-state index in [1.54, 1.807) is 6.20 Å². The van der Waals surface area contributed by atoms with Crippen LogP contribution in [0.5, 0.6) is 0 Å². The van der Waals surface area contributed by atoms with Crippen molar-refractivity contribution < 1.29 is 48.1 Å². The Balaban J connectivity index is 2.04. The third kappa shape index (κ3) is 33.3. The number of ether oxygens (including phenoxy) is 2. The number of carbonyl (C=O) groups is 7. The van der Waals surface area contributed by atoms with E-state index in [-0.39, 0.29) is 62.3 Å². The van der Waals surface area contributed by atoms with Gasteiger partial charge in [-0.05, 0) is 49.7 Å². The summed E-state index contributed by atoms with van der Waals surface area (Å²) in [6.45, 7) is 10.2. The van der Waals surface area contributed by atoms with Crippen LogP contribution in [0.4, 0.5) is 0 Å². The summed E-state index contributed by atoms with van der Waals surface area (Å²) in [6.07, 6.45) is 32.0. The van der Waals surface area contributed by atoms with E-state index in [0.29, 0.717) is 25.7 Å². The zero-order valence-corrected chi connectivity index (χ0v) is 48.6. The Morgan fingerprint density at radius 3 is 1.74 bits per heavy atom. The van der Waals surface area contributed by atoms with Crippen LogP contribution < -0.4 is 21.3 Å². The van der Waals surface area contributed by atoms with Gasteiger partial charge in [-0.2, -0.15) is 0 Å². The van der Waals surface area contributed by atoms with Gasteiger partial charge in [0.15, 0.2) is 5.78 Å². The first-order valence-corrected chi connectivity index (χ1v) is 30.5. The third-order valence-corrected chi connectivity index (χ3v) is 14.8. The highest BCUT2D eigenvalue weighted by molar-refractivity contribution is 5.95. The maximum atomic E-state index is 13.7. The minimum atomic E-state index is -1.39. The summed E-state index contributed by atoms with van der Waals surface area (Å²) in [7, 11) is 0. The molecule has 2 rings (SSSR count). The molecule has 0 aliphatic carbocycles. The van der Waals surface area contributed by atoms with Crippen LogP contribution in [0.15, 0.2) is 30.5 Å². The number of unbranched alkanes of at least 4 members (excludes halogenated alkanes) is 22. The first-order chi connectivity index (χ1) is 37.3. The number of esters is 1. The molecule has 438 valence electrons. The van der Waals surface area contributed by atoms with Gasteiger partial charge in [0, 0.05) is 42.8 Å². The van der Waals surface area contributed by atoms with E-state index in [4.69, 9.17) is 9.47 Å². The number of carboxylic acids is 1. The maximum Gasteiger partial charge on any atom is 0.306 e. The molecule has 0 saturated carbocycles. The van der Waals surface area contributed by atoms with Gasteiger partial charge in [0.2, 0.25) is 23.6 Å². The summed E-state index contributed by atoms with van der Waals surface area (Å²) in [4.78, 5) is 95.2. The summed E-state index contributed by atoms with van der Waals surface area (Å²) in [5, 5.41) is 21.6. The van der Waals surface area contributed by atoms with E-state index in [0.717, 1.165) is 99.9 Å². The van der Waals surface area contributed by atoms with Crippen LogP contribution in [0.1, 0.15) is 252 Å². The van der Waals surface area contributed by atoms with E-state index in [9.17, 15) is 38.7 Å². The van der Waals surface area contributed by atoms with Gasteiger partial charge in [-0.3, -0.25) is 33.6 Å². The monoisotopic (exact) mass is 1080 g/mol. The molecule has 1 aromatic heterocycles. The maximum absolute atomic E-state index is 13.7. The van der Waals surface area contributed by atoms with E-state index in [1.165, 1.54) is 83.5 Å². The molecule has 0 unspecified atom stereocenters. The zero-order chi connectivity index (χ0) is 56.3. The number of hydrogen-bond donors (Lipinski definition) is 6. The smallest absolute Gasteiger partial charge is 0.306 e. The number of aliphatic carboxylic acids is 1. The van der Waals surface area contributed by atoms with Gasteiger partial charge in [-0.15, -0.1) is 0 Å². The Labute approximate surface area is 463 Å². The van der Waals surface area contributed by atoms with Crippen molar-refractivity contribution in [3.63, 3.8) is 0 Å². The molecule has 5 atom stereocenters. The lowest BCUT2D eigenvalue weighted by atomic mass is 9.97. The number of amides is 4. The molecule has 0 spiro atoms. The number of rotatable bonds is 50. The lowest BCUT2D eigenvalue weighted by Gasteiger charge is -2.24. The molecule has 77 heavy (non-hydrogen) atoms. The molecule has 1 heterocycles. The van der Waals surface area contributed by atoms with Crippen molar-refractivity contribution in [3.8, 4) is 0 Å². The van der Waals surface area contributed by atoms with E-state index in [2.05, 4.69) is 47.0 Å². The first-order valence-electron chi connectivity index (χ1n) is 30.5. The molecule has 0 radical (unpaired) electrons. The Kier molecular flexibility index (Phi) is 39.1. The average Bonchev–Trinajstić information content (AvgIpc) is 3.82. The summed E-state index contributed by atoms with van der Waals surface area (Å²) in [6, 6.07) is 4.68. The van der Waals surface area contributed by atoms with E-state index >= 15 is 0 Å². The molecule has 15 heteroatoms. The highest BCUT2D eigenvalue weighted by Crippen LogP contribution is 2.20. The molecule has 0 fully saturated rings. The summed E-state index contributed by atoms with van der Waals surface area (Å²) in [5.41, 5.74) is 1.67. The number of carbonyl (C=O) groups excluding carboxylic acids is 6. The lowest BCUT2D eigenvalue weighted by molar-refractivity contribution is -0.150. The zero-order valence-electron chi connectivity index (χ0n) is 48.6. The number of benzene rings is 1. The van der Waals surface area contributed by atoms with Gasteiger partial charge < -0.3 is 40.8 Å². The van der Waals surface area contributed by atoms with E-state index < -0.39 is 54.7 Å². The number of hydrogen-bond acceptors (Lipinski definition) is 9. The molecular weight excluding hydrogens is 975 g/mol. The van der Waals surface area contributed by atoms with Crippen LogP contribution in [0.25, 0.3) is 10.9 Å². The Morgan fingerprint density at radius 2 is 1.16 bits per heavy atom. The number of H-pyrrole nitrogens is 1. The van der Waals surface area contributed by atoms with Gasteiger partial charge in [-0.25, -0.2) is 0 Å². The molecule has 0 aliphatic rings. The quantitative estimate of drug-likeness (QED) is 0.0272. The molecule has 1 aromatic carbocycles. The van der Waals surface area contributed by atoms with Crippen molar-refractivity contribution in [1.29, 1.82) is 0 Å². The third-order valence-electron chi connectivity index (χ3n) is 14.8. The largest absolute Gasteiger partial charge is 0.481 e. The number of nitrogens with one attached hydrogen (secondary N) is 5. The number of aromatic nitrogens is 1. The molecule has 15 nitrogen and oxygen atoms in total. The minimum Gasteiger partial charge on any atom is -0.481 e. The van der Waals surface area contributed by atoms with Crippen molar-refractivity contribution in [2.45, 2.75) is 277 Å². The second kappa shape index (κ2) is 44.1. The van der Waals surface area contributed by atoms with Crippen molar-refractivity contribution >= 4 is 52.3 Å². The van der Waals surface area contributed by atoms with Gasteiger partial charge >= 0.3 is 11.9 Å². The topological polar surface area (TPSA) is 222 Å². The SMILES string of the molecule is CCCCCCCCCCCCCC(=O)N[C@@H](CCC(=O)[C@H](CC(=O)O)NC(=O)CNC(=O)[C@@H](NC(=O)Cc1c[nH]c2ccccc12)[C@@H](C)CC)COCC[C@@H](CCCCCCC)OC(=O)CCCCCCCCCCC. The number of para-hydroxylation sites is 1. The summed E-state index contributed by atoms with van der Waals surface area (Å²) in [5.74, 6) is -4.16. The molecule has 2 aromatic rings.